The van der Waals surface area contributed by atoms with Gasteiger partial charge < -0.3 is 10.1 Å². The van der Waals surface area contributed by atoms with Crippen LogP contribution in [0.5, 0.6) is 5.75 Å². The largest absolute Gasteiger partial charge is 0.488 e. The van der Waals surface area contributed by atoms with Crippen molar-refractivity contribution >= 4 is 50.7 Å². The van der Waals surface area contributed by atoms with Crippen molar-refractivity contribution in [3.63, 3.8) is 0 Å². The Balaban J connectivity index is 1.37. The van der Waals surface area contributed by atoms with Crippen LogP contribution in [0.2, 0.25) is 10.0 Å². The molecule has 3 aliphatic heterocycles. The molecule has 7 nitrogen and oxygen atoms in total. The second kappa shape index (κ2) is 9.27. The first kappa shape index (κ1) is 24.7. The minimum absolute atomic E-state index is 0.126. The van der Waals surface area contributed by atoms with Gasteiger partial charge in [-0.15, -0.1) is 0 Å². The highest BCUT2D eigenvalue weighted by Crippen LogP contribution is 2.58. The molecule has 3 heterocycles. The molecular weight excluding hydrogens is 581 g/mol. The Morgan fingerprint density at radius 2 is 1.97 bits per heavy atom. The minimum atomic E-state index is -1.33. The van der Waals surface area contributed by atoms with E-state index in [9.17, 15) is 14.9 Å². The number of nitrogens with zero attached hydrogens (tertiary/aromatic N) is 2. The lowest BCUT2D eigenvalue weighted by molar-refractivity contribution is -0.534. The van der Waals surface area contributed by atoms with Crippen molar-refractivity contribution in [2.75, 3.05) is 11.9 Å². The van der Waals surface area contributed by atoms with Gasteiger partial charge in [0.1, 0.15) is 12.4 Å². The van der Waals surface area contributed by atoms with Gasteiger partial charge in [0.2, 0.25) is 0 Å². The maximum Gasteiger partial charge on any atom is 0.256 e. The third kappa shape index (κ3) is 3.76. The highest BCUT2D eigenvalue weighted by molar-refractivity contribution is 9.10. The summed E-state index contributed by atoms with van der Waals surface area (Å²) in [5.74, 6) is -0.193. The lowest BCUT2D eigenvalue weighted by Crippen LogP contribution is -2.55. The third-order valence-electron chi connectivity index (χ3n) is 7.83. The highest BCUT2D eigenvalue weighted by atomic mass is 79.9. The number of fused-ring (bicyclic) bond motifs is 4. The maximum absolute atomic E-state index is 13.6. The highest BCUT2D eigenvalue weighted by Gasteiger charge is 2.73. The summed E-state index contributed by atoms with van der Waals surface area (Å²) in [5, 5.41) is 16.7. The van der Waals surface area contributed by atoms with E-state index < -0.39 is 17.5 Å². The Hall–Kier alpha value is -2.65. The predicted octanol–water partition coefficient (Wildman–Crippen LogP) is 6.39. The van der Waals surface area contributed by atoms with Gasteiger partial charge in [-0.25, -0.2) is 0 Å². The molecule has 0 saturated carbocycles. The number of amides is 1. The normalized spacial score (nSPS) is 26.2. The fraction of sp³-hybridized carbons (Fsp3) is 0.296. The van der Waals surface area contributed by atoms with Crippen LogP contribution in [0.4, 0.5) is 5.69 Å². The van der Waals surface area contributed by atoms with Crippen molar-refractivity contribution in [3.05, 3.63) is 102 Å². The molecule has 2 saturated heterocycles. The van der Waals surface area contributed by atoms with Gasteiger partial charge in [0.25, 0.3) is 11.9 Å². The van der Waals surface area contributed by atoms with Crippen LogP contribution in [0.3, 0.4) is 0 Å². The van der Waals surface area contributed by atoms with E-state index in [4.69, 9.17) is 27.9 Å². The maximum atomic E-state index is 13.6. The summed E-state index contributed by atoms with van der Waals surface area (Å²) in [4.78, 5) is 28.1. The van der Waals surface area contributed by atoms with Crippen molar-refractivity contribution in [3.8, 4) is 5.75 Å². The zero-order chi connectivity index (χ0) is 25.9. The zero-order valence-electron chi connectivity index (χ0n) is 19.5. The predicted molar refractivity (Wildman–Crippen MR) is 145 cm³/mol. The van der Waals surface area contributed by atoms with Crippen LogP contribution in [-0.2, 0) is 16.9 Å². The molecule has 3 aliphatic rings. The van der Waals surface area contributed by atoms with E-state index in [0.29, 0.717) is 38.1 Å². The summed E-state index contributed by atoms with van der Waals surface area (Å²) in [5.41, 5.74) is 1.60. The molecular formula is C27H22BrCl2N3O4. The monoisotopic (exact) mass is 601 g/mol. The molecule has 4 atom stereocenters. The summed E-state index contributed by atoms with van der Waals surface area (Å²) < 4.78 is 6.68. The number of halogens is 3. The number of nitrogens with one attached hydrogen (secondary N) is 1. The average Bonchev–Trinajstić information content (AvgIpc) is 3.52. The zero-order valence-corrected chi connectivity index (χ0v) is 22.6. The van der Waals surface area contributed by atoms with E-state index in [1.54, 1.807) is 12.1 Å². The van der Waals surface area contributed by atoms with E-state index >= 15 is 0 Å². The summed E-state index contributed by atoms with van der Waals surface area (Å²) in [6, 6.07) is 16.9. The topological polar surface area (TPSA) is 84.7 Å². The lowest BCUT2D eigenvalue weighted by Gasteiger charge is -2.32. The molecule has 37 heavy (non-hydrogen) atoms. The first-order valence-corrected chi connectivity index (χ1v) is 13.5. The summed E-state index contributed by atoms with van der Waals surface area (Å²) in [6.45, 7) is 0.878. The van der Waals surface area contributed by atoms with Crippen LogP contribution in [0, 0.1) is 10.1 Å². The van der Waals surface area contributed by atoms with Gasteiger partial charge in [0.15, 0.2) is 5.54 Å². The van der Waals surface area contributed by atoms with E-state index in [1.165, 1.54) is 0 Å². The molecule has 1 amide bonds. The van der Waals surface area contributed by atoms with Crippen molar-refractivity contribution in [2.24, 2.45) is 0 Å². The van der Waals surface area contributed by atoms with Gasteiger partial charge in [-0.05, 0) is 64.7 Å². The Morgan fingerprint density at radius 1 is 1.16 bits per heavy atom. The third-order valence-corrected chi connectivity index (χ3v) is 9.04. The van der Waals surface area contributed by atoms with Crippen LogP contribution in [0.15, 0.2) is 65.1 Å². The standard InChI is InChI=1S/C27H22BrCl2N3O4/c28-19-12-15(8-10-23(19)37-14-16-7-9-17(29)13-20(16)30)24-22-6-3-11-32(22)27(25(24)33(35)36)18-4-1-2-5-21(18)31-26(27)34/h1-2,4-5,7-10,12-13,22,24-25H,3,6,11,14H2,(H,31,34)/t22-,24-,25-,27+/m1/s1. The van der Waals surface area contributed by atoms with Crippen molar-refractivity contribution in [1.29, 1.82) is 0 Å². The number of hydrogen-bond acceptors (Lipinski definition) is 5. The van der Waals surface area contributed by atoms with Gasteiger partial charge in [0, 0.05) is 44.4 Å². The van der Waals surface area contributed by atoms with E-state index in [1.807, 2.05) is 48.5 Å². The molecule has 6 rings (SSSR count). The molecule has 3 aromatic rings. The summed E-state index contributed by atoms with van der Waals surface area (Å²) >= 11 is 15.9. The Kier molecular flexibility index (Phi) is 6.18. The molecule has 1 spiro atoms. The molecule has 0 unspecified atom stereocenters. The van der Waals surface area contributed by atoms with E-state index in [-0.39, 0.29) is 23.5 Å². The number of benzene rings is 3. The minimum Gasteiger partial charge on any atom is -0.488 e. The Labute approximate surface area is 232 Å². The summed E-state index contributed by atoms with van der Waals surface area (Å²) in [7, 11) is 0. The van der Waals surface area contributed by atoms with Crippen LogP contribution in [-0.4, -0.2) is 34.4 Å². The fourth-order valence-electron chi connectivity index (χ4n) is 6.41. The number of hydrogen-bond donors (Lipinski definition) is 1. The van der Waals surface area contributed by atoms with Gasteiger partial charge in [0.05, 0.1) is 10.4 Å². The SMILES string of the molecule is O=C1Nc2ccccc2[C@]12[C@H]([N+](=O)[O-])[C@H](c1ccc(OCc3ccc(Cl)cc3Cl)c(Br)c1)[C@H]1CCCN12. The second-order valence-corrected chi connectivity index (χ2v) is 11.3. The van der Waals surface area contributed by atoms with Crippen LogP contribution >= 0.6 is 39.1 Å². The van der Waals surface area contributed by atoms with Gasteiger partial charge in [-0.1, -0.05) is 53.5 Å². The molecule has 0 radical (unpaired) electrons. The molecule has 190 valence electrons. The number of nitro groups is 1. The lowest BCUT2D eigenvalue weighted by atomic mass is 9.77. The summed E-state index contributed by atoms with van der Waals surface area (Å²) in [6.07, 6.45) is 1.67. The molecule has 3 aromatic carbocycles. The fourth-order valence-corrected chi connectivity index (χ4v) is 7.38. The van der Waals surface area contributed by atoms with Crippen molar-refractivity contribution in [2.45, 2.75) is 43.0 Å². The van der Waals surface area contributed by atoms with Crippen molar-refractivity contribution in [1.82, 2.24) is 4.90 Å². The first-order chi connectivity index (χ1) is 17.8. The number of carbonyl (C=O) groups is 1. The molecule has 1 N–H and O–H groups in total. The van der Waals surface area contributed by atoms with Crippen molar-refractivity contribution < 1.29 is 14.5 Å². The van der Waals surface area contributed by atoms with Crippen LogP contribution < -0.4 is 10.1 Å². The Bertz CT molecular complexity index is 1440. The number of rotatable bonds is 5. The van der Waals surface area contributed by atoms with Gasteiger partial charge >= 0.3 is 0 Å². The Morgan fingerprint density at radius 3 is 2.73 bits per heavy atom. The number of anilines is 1. The smallest absolute Gasteiger partial charge is 0.256 e. The number of carbonyl (C=O) groups excluding carboxylic acids is 1. The molecule has 0 bridgehead atoms. The second-order valence-electron chi connectivity index (χ2n) is 9.64. The van der Waals surface area contributed by atoms with Gasteiger partial charge in [-0.3, -0.25) is 19.8 Å². The van der Waals surface area contributed by atoms with E-state index in [0.717, 1.165) is 24.0 Å². The van der Waals surface area contributed by atoms with Gasteiger partial charge in [-0.2, -0.15) is 0 Å². The number of para-hydroxylation sites is 1. The molecule has 10 heteroatoms. The average molecular weight is 603 g/mol. The molecule has 0 aromatic heterocycles. The van der Waals surface area contributed by atoms with E-state index in [2.05, 4.69) is 26.1 Å². The quantitative estimate of drug-likeness (QED) is 0.270. The van der Waals surface area contributed by atoms with Crippen LogP contribution in [0.1, 0.15) is 35.4 Å². The van der Waals surface area contributed by atoms with Crippen LogP contribution in [0.25, 0.3) is 0 Å². The number of ether oxygens (including phenoxy) is 1. The molecule has 0 aliphatic carbocycles. The first-order valence-electron chi connectivity index (χ1n) is 12.0. The molecule has 2 fully saturated rings.